The highest BCUT2D eigenvalue weighted by Crippen LogP contribution is 2.34. The van der Waals surface area contributed by atoms with E-state index in [1.54, 1.807) is 6.07 Å². The van der Waals surface area contributed by atoms with E-state index in [-0.39, 0.29) is 10.6 Å². The van der Waals surface area contributed by atoms with E-state index in [0.29, 0.717) is 0 Å². The smallest absolute Gasteiger partial charge is 0.123 e. The molecule has 106 valence electrons. The molecule has 2 aromatic carbocycles. The molecule has 0 aliphatic heterocycles. The molecule has 0 aromatic heterocycles. The zero-order chi connectivity index (χ0) is 14.7. The molecule has 0 spiro atoms. The highest BCUT2D eigenvalue weighted by atomic mass is 79.9. The third-order valence-electron chi connectivity index (χ3n) is 3.80. The lowest BCUT2D eigenvalue weighted by atomic mass is 9.95. The van der Waals surface area contributed by atoms with Gasteiger partial charge in [0, 0.05) is 0 Å². The first-order valence-electron chi connectivity index (χ1n) is 7.08. The lowest BCUT2D eigenvalue weighted by Gasteiger charge is -2.16. The molecule has 0 fully saturated rings. The number of hydrogen-bond donors (Lipinski definition) is 0. The van der Waals surface area contributed by atoms with E-state index in [1.165, 1.54) is 22.8 Å². The molecule has 0 amide bonds. The predicted molar refractivity (Wildman–Crippen MR) is 87.1 cm³/mol. The van der Waals surface area contributed by atoms with Crippen LogP contribution in [0, 0.1) is 12.7 Å². The number of halogens is 2. The summed E-state index contributed by atoms with van der Waals surface area (Å²) in [6.07, 6.45) is 2.08. The molecule has 0 aliphatic carbocycles. The number of rotatable bonds is 4. The van der Waals surface area contributed by atoms with Gasteiger partial charge in [0.05, 0.1) is 4.83 Å². The monoisotopic (exact) mass is 334 g/mol. The van der Waals surface area contributed by atoms with Gasteiger partial charge < -0.3 is 0 Å². The molecule has 0 nitrogen and oxygen atoms in total. The minimum Gasteiger partial charge on any atom is -0.207 e. The average Bonchev–Trinajstić information content (AvgIpc) is 2.48. The Labute approximate surface area is 129 Å². The minimum atomic E-state index is -0.184. The van der Waals surface area contributed by atoms with E-state index in [2.05, 4.69) is 48.0 Å². The fraction of sp³-hybridized carbons (Fsp3) is 0.333. The molecule has 1 unspecified atom stereocenters. The van der Waals surface area contributed by atoms with Crippen molar-refractivity contribution in [1.82, 2.24) is 0 Å². The van der Waals surface area contributed by atoms with Crippen LogP contribution in [0.3, 0.4) is 0 Å². The standard InChI is InChI=1S/C18H20BrF/c1-4-13-7-8-15(10-14(13)5-2)18(19)17-11-16(20)9-6-12(17)3/h6-11,18H,4-5H2,1-3H3. The van der Waals surface area contributed by atoms with E-state index in [1.807, 2.05) is 13.0 Å². The van der Waals surface area contributed by atoms with Gasteiger partial charge in [-0.2, -0.15) is 0 Å². The van der Waals surface area contributed by atoms with Crippen molar-refractivity contribution in [2.75, 3.05) is 0 Å². The maximum atomic E-state index is 13.5. The topological polar surface area (TPSA) is 0 Å². The molecule has 0 N–H and O–H groups in total. The Morgan fingerprint density at radius 2 is 1.70 bits per heavy atom. The summed E-state index contributed by atoms with van der Waals surface area (Å²) in [7, 11) is 0. The van der Waals surface area contributed by atoms with E-state index in [0.717, 1.165) is 24.0 Å². The number of benzene rings is 2. The fourth-order valence-corrected chi connectivity index (χ4v) is 3.32. The van der Waals surface area contributed by atoms with Crippen LogP contribution in [0.2, 0.25) is 0 Å². The van der Waals surface area contributed by atoms with Gasteiger partial charge in [-0.25, -0.2) is 4.39 Å². The molecule has 2 heteroatoms. The normalized spacial score (nSPS) is 12.4. The largest absolute Gasteiger partial charge is 0.207 e. The van der Waals surface area contributed by atoms with Crippen LogP contribution < -0.4 is 0 Å². The molecule has 0 aliphatic rings. The zero-order valence-electron chi connectivity index (χ0n) is 12.2. The summed E-state index contributed by atoms with van der Waals surface area (Å²) in [5.74, 6) is -0.184. The Bertz CT molecular complexity index is 604. The summed E-state index contributed by atoms with van der Waals surface area (Å²) < 4.78 is 13.5. The van der Waals surface area contributed by atoms with Crippen molar-refractivity contribution in [1.29, 1.82) is 0 Å². The van der Waals surface area contributed by atoms with Crippen molar-refractivity contribution in [2.45, 2.75) is 38.4 Å². The Morgan fingerprint density at radius 1 is 1.00 bits per heavy atom. The third kappa shape index (κ3) is 3.12. The lowest BCUT2D eigenvalue weighted by Crippen LogP contribution is -2.00. The molecule has 0 radical (unpaired) electrons. The molecule has 1 atom stereocenters. The van der Waals surface area contributed by atoms with Crippen molar-refractivity contribution in [3.8, 4) is 0 Å². The van der Waals surface area contributed by atoms with E-state index in [4.69, 9.17) is 0 Å². The van der Waals surface area contributed by atoms with Crippen molar-refractivity contribution < 1.29 is 4.39 Å². The SMILES string of the molecule is CCc1ccc(C(Br)c2cc(F)ccc2C)cc1CC. The van der Waals surface area contributed by atoms with Crippen LogP contribution in [0.4, 0.5) is 4.39 Å². The van der Waals surface area contributed by atoms with Gasteiger partial charge in [0.15, 0.2) is 0 Å². The van der Waals surface area contributed by atoms with Gasteiger partial charge in [-0.15, -0.1) is 0 Å². The maximum Gasteiger partial charge on any atom is 0.123 e. The molecule has 2 aromatic rings. The Morgan fingerprint density at radius 3 is 2.35 bits per heavy atom. The van der Waals surface area contributed by atoms with Gasteiger partial charge >= 0.3 is 0 Å². The fourth-order valence-electron chi connectivity index (χ4n) is 2.54. The van der Waals surface area contributed by atoms with Crippen LogP contribution in [0.5, 0.6) is 0 Å². The molecule has 20 heavy (non-hydrogen) atoms. The summed E-state index contributed by atoms with van der Waals surface area (Å²) in [5.41, 5.74) is 6.06. The Kier molecular flexibility index (Phi) is 4.98. The van der Waals surface area contributed by atoms with Crippen LogP contribution >= 0.6 is 15.9 Å². The van der Waals surface area contributed by atoms with Gasteiger partial charge in [-0.3, -0.25) is 0 Å². The van der Waals surface area contributed by atoms with Crippen LogP contribution in [-0.4, -0.2) is 0 Å². The average molecular weight is 335 g/mol. The number of aryl methyl sites for hydroxylation is 3. The molecule has 0 saturated carbocycles. The highest BCUT2D eigenvalue weighted by molar-refractivity contribution is 9.09. The number of hydrogen-bond acceptors (Lipinski definition) is 0. The predicted octanol–water partition coefficient (Wildman–Crippen LogP) is 5.74. The molecule has 0 bridgehead atoms. The van der Waals surface area contributed by atoms with E-state index < -0.39 is 0 Å². The molecule has 0 saturated heterocycles. The molecule has 2 rings (SSSR count). The second kappa shape index (κ2) is 6.53. The van der Waals surface area contributed by atoms with Crippen LogP contribution in [-0.2, 0) is 12.8 Å². The lowest BCUT2D eigenvalue weighted by molar-refractivity contribution is 0.625. The Balaban J connectivity index is 2.42. The zero-order valence-corrected chi connectivity index (χ0v) is 13.8. The van der Waals surface area contributed by atoms with E-state index >= 15 is 0 Å². The second-order valence-corrected chi connectivity index (χ2v) is 6.01. The van der Waals surface area contributed by atoms with Crippen LogP contribution in [0.25, 0.3) is 0 Å². The summed E-state index contributed by atoms with van der Waals surface area (Å²) in [6, 6.07) is 11.5. The maximum absolute atomic E-state index is 13.5. The summed E-state index contributed by atoms with van der Waals surface area (Å²) >= 11 is 3.72. The van der Waals surface area contributed by atoms with E-state index in [9.17, 15) is 4.39 Å². The van der Waals surface area contributed by atoms with Gasteiger partial charge in [-0.1, -0.05) is 54.0 Å². The van der Waals surface area contributed by atoms with Gasteiger partial charge in [0.25, 0.3) is 0 Å². The highest BCUT2D eigenvalue weighted by Gasteiger charge is 2.14. The van der Waals surface area contributed by atoms with Crippen molar-refractivity contribution in [3.05, 3.63) is 70.0 Å². The first-order valence-corrected chi connectivity index (χ1v) is 8.00. The first-order chi connectivity index (χ1) is 9.56. The quantitative estimate of drug-likeness (QED) is 0.625. The van der Waals surface area contributed by atoms with Gasteiger partial charge in [0.1, 0.15) is 5.82 Å². The summed E-state index contributed by atoms with van der Waals surface area (Å²) in [5, 5.41) is 0. The van der Waals surface area contributed by atoms with Gasteiger partial charge in [0.2, 0.25) is 0 Å². The van der Waals surface area contributed by atoms with Crippen molar-refractivity contribution >= 4 is 15.9 Å². The third-order valence-corrected chi connectivity index (χ3v) is 4.82. The van der Waals surface area contributed by atoms with Crippen LogP contribution in [0.1, 0.15) is 46.5 Å². The van der Waals surface area contributed by atoms with Crippen molar-refractivity contribution in [2.24, 2.45) is 0 Å². The summed E-state index contributed by atoms with van der Waals surface area (Å²) in [4.78, 5) is 0.0365. The molecular formula is C18H20BrF. The molecular weight excluding hydrogens is 315 g/mol. The van der Waals surface area contributed by atoms with Gasteiger partial charge in [-0.05, 0) is 59.7 Å². The first kappa shape index (κ1) is 15.2. The van der Waals surface area contributed by atoms with Crippen molar-refractivity contribution in [3.63, 3.8) is 0 Å². The second-order valence-electron chi connectivity index (χ2n) is 5.10. The summed E-state index contributed by atoms with van der Waals surface area (Å²) in [6.45, 7) is 6.37. The van der Waals surface area contributed by atoms with Crippen LogP contribution in [0.15, 0.2) is 36.4 Å². The molecule has 0 heterocycles. The minimum absolute atomic E-state index is 0.0365. The Hall–Kier alpha value is -1.15. The number of alkyl halides is 1.